The Labute approximate surface area is 583 Å². The number of carboxylic acids is 2. The van der Waals surface area contributed by atoms with Gasteiger partial charge in [-0.1, -0.05) is 98.6 Å². The van der Waals surface area contributed by atoms with E-state index < -0.39 is 181 Å². The van der Waals surface area contributed by atoms with Crippen LogP contribution in [-0.2, 0) is 75.2 Å². The van der Waals surface area contributed by atoms with Crippen molar-refractivity contribution < 1.29 is 82.1 Å². The number of carboxylic acid groups (broad SMARTS) is 2. The van der Waals surface area contributed by atoms with Crippen LogP contribution in [0.15, 0.2) is 48.2 Å². The van der Waals surface area contributed by atoms with Gasteiger partial charge >= 0.3 is 11.9 Å². The highest BCUT2D eigenvalue weighted by atomic mass is 32.1. The maximum absolute atomic E-state index is 14.9. The third-order valence-electron chi connectivity index (χ3n) is 17.0. The second-order valence-corrected chi connectivity index (χ2v) is 26.3. The molecule has 12 amide bonds. The fourth-order valence-corrected chi connectivity index (χ4v) is 11.4. The molecule has 13 atom stereocenters. The minimum Gasteiger partial charge on any atom is -0.481 e. The number of ketones is 1. The summed E-state index contributed by atoms with van der Waals surface area (Å²) < 4.78 is 0. The van der Waals surface area contributed by atoms with Crippen molar-refractivity contribution in [2.24, 2.45) is 35.1 Å². The highest BCUT2D eigenvalue weighted by Gasteiger charge is 2.39. The standard InChI is InChI=1S/C66H98N16O17S/c1-9-35(6)52(82-58(92)42(22-23-50(84)85)73-59(93)43(26-34(4)5)75-63(97)48-32-100-66(80-48)54(88)37(8)11-3)64(98)74-40-20-15-16-25-70-55(89)46(29-49(68)83)77-62(96)47(30-51(86)87)78-61(95)45(28-39-31-69-33-71-39)76-60(94)44(27-38-18-13-12-14-19-38)79-65(99)53(36(7)10-2)81-57(91)41(21-17-24-67)72-56(40)90/h12-14,18-19,31-37,40-47,52-53H,9-11,15-17,20-30,67H2,1-8H3,(H2,68,83)(H,69,71)(H,70,89)(H,72,90)(H,73,93)(H,74,98)(H,75,97)(H,76,94)(H,77,96)(H,78,95)(H,79,99)(H,81,91)(H,82,92)(H,84,85)(H,86,87)/t35-,36-,37-,40-,41+,42+,43-,44+,45-,46-,47+,52-,53-/m0/s1. The van der Waals surface area contributed by atoms with Crippen molar-refractivity contribution in [3.63, 3.8) is 0 Å². The first-order valence-electron chi connectivity index (χ1n) is 33.6. The van der Waals surface area contributed by atoms with Crippen LogP contribution in [-0.4, -0.2) is 187 Å². The molecule has 33 nitrogen and oxygen atoms in total. The van der Waals surface area contributed by atoms with Crippen LogP contribution < -0.4 is 70.0 Å². The Kier molecular flexibility index (Phi) is 34.4. The summed E-state index contributed by atoms with van der Waals surface area (Å²) in [5, 5.41) is 49.6. The van der Waals surface area contributed by atoms with E-state index in [9.17, 15) is 82.1 Å². The maximum atomic E-state index is 14.9. The van der Waals surface area contributed by atoms with Crippen molar-refractivity contribution in [1.29, 1.82) is 0 Å². The number of nitrogens with one attached hydrogen (secondary N) is 12. The number of thiazole rings is 1. The number of aromatic amines is 1. The zero-order valence-electron chi connectivity index (χ0n) is 57.7. The second kappa shape index (κ2) is 41.6. The summed E-state index contributed by atoms with van der Waals surface area (Å²) in [6, 6.07) is -7.32. The number of hydrogen-bond donors (Lipinski definition) is 16. The summed E-state index contributed by atoms with van der Waals surface area (Å²) in [6.45, 7) is 13.5. The lowest BCUT2D eigenvalue weighted by molar-refractivity contribution is -0.142. The highest BCUT2D eigenvalue weighted by molar-refractivity contribution is 7.12. The largest absolute Gasteiger partial charge is 0.481 e. The van der Waals surface area contributed by atoms with E-state index in [1.54, 1.807) is 78.8 Å². The van der Waals surface area contributed by atoms with Crippen molar-refractivity contribution in [2.45, 2.75) is 212 Å². The number of H-pyrrole nitrogens is 1. The van der Waals surface area contributed by atoms with Crippen molar-refractivity contribution in [1.82, 2.24) is 73.4 Å². The molecule has 2 aromatic heterocycles. The summed E-state index contributed by atoms with van der Waals surface area (Å²) in [4.78, 5) is 219. The molecular weight excluding hydrogens is 1320 g/mol. The minimum absolute atomic E-state index is 0.00921. The molecule has 0 bridgehead atoms. The van der Waals surface area contributed by atoms with Gasteiger partial charge in [0.05, 0.1) is 19.2 Å². The van der Waals surface area contributed by atoms with Gasteiger partial charge in [-0.05, 0) is 81.2 Å². The molecule has 0 aliphatic carbocycles. The van der Waals surface area contributed by atoms with Gasteiger partial charge in [0, 0.05) is 49.0 Å². The van der Waals surface area contributed by atoms with Crippen LogP contribution in [0, 0.1) is 23.7 Å². The molecule has 1 aliphatic heterocycles. The average Bonchev–Trinajstić information content (AvgIpc) is 1.37. The van der Waals surface area contributed by atoms with Gasteiger partial charge in [-0.2, -0.15) is 0 Å². The fraction of sp³-hybridized carbons (Fsp3) is 0.591. The summed E-state index contributed by atoms with van der Waals surface area (Å²) in [6.07, 6.45) is -0.129. The Bertz CT molecular complexity index is 3310. The Morgan fingerprint density at radius 1 is 0.660 bits per heavy atom. The van der Waals surface area contributed by atoms with Gasteiger partial charge in [0.25, 0.3) is 5.91 Å². The van der Waals surface area contributed by atoms with E-state index in [-0.39, 0.29) is 111 Å². The van der Waals surface area contributed by atoms with Gasteiger partial charge in [-0.25, -0.2) is 9.97 Å². The SMILES string of the molecule is CC[C@H](C)C(=O)c1nc(C(=O)N[C@@H](CC(C)C)C(=O)N[C@H](CCC(=O)O)C(=O)N[C@H](C(=O)N[C@H]2CCCCNC(=O)[C@H](CC(N)=O)NC(=O)[C@@H](CC(=O)O)NC(=O)[C@H](Cc3cnc[nH]3)NC(=O)[C@@H](Cc3ccccc3)NC(=O)[C@H]([C@@H](C)CC)NC(=O)[C@@H](CCCN)NC2=O)[C@@H](C)CC)cs1. The van der Waals surface area contributed by atoms with E-state index in [0.717, 1.165) is 11.3 Å². The number of primary amides is 1. The normalized spacial score (nSPS) is 21.3. The molecule has 1 fully saturated rings. The van der Waals surface area contributed by atoms with E-state index in [4.69, 9.17) is 11.5 Å². The van der Waals surface area contributed by atoms with Crippen molar-refractivity contribution in [3.8, 4) is 0 Å². The number of imidazole rings is 1. The van der Waals surface area contributed by atoms with Crippen LogP contribution >= 0.6 is 11.3 Å². The number of hydrogen-bond acceptors (Lipinski definition) is 19. The number of benzene rings is 1. The summed E-state index contributed by atoms with van der Waals surface area (Å²) in [7, 11) is 0. The number of Topliss-reactive ketones (excluding diaryl/α,β-unsaturated/α-hetero) is 1. The van der Waals surface area contributed by atoms with Crippen LogP contribution in [0.2, 0.25) is 0 Å². The maximum Gasteiger partial charge on any atom is 0.305 e. The molecule has 3 aromatic rings. The Morgan fingerprint density at radius 3 is 1.86 bits per heavy atom. The molecule has 0 saturated carbocycles. The molecule has 1 aromatic carbocycles. The first-order chi connectivity index (χ1) is 47.4. The molecule has 0 radical (unpaired) electrons. The van der Waals surface area contributed by atoms with Gasteiger partial charge in [-0.3, -0.25) is 71.9 Å². The molecule has 34 heteroatoms. The molecular formula is C66H98N16O17S. The Hall–Kier alpha value is -9.73. The number of aliphatic carboxylic acids is 2. The van der Waals surface area contributed by atoms with Gasteiger partial charge < -0.3 is 85.1 Å². The molecule has 4 rings (SSSR count). The third kappa shape index (κ3) is 27.2. The number of carbonyl (C=O) groups excluding carboxylic acids is 13. The van der Waals surface area contributed by atoms with Gasteiger partial charge in [0.2, 0.25) is 65.0 Å². The monoisotopic (exact) mass is 1420 g/mol. The zero-order valence-corrected chi connectivity index (χ0v) is 58.5. The first kappa shape index (κ1) is 82.7. The topological polar surface area (TPSA) is 522 Å². The number of amides is 12. The Balaban J connectivity index is 1.78. The molecule has 18 N–H and O–H groups in total. The van der Waals surface area contributed by atoms with E-state index in [1.807, 2.05) is 6.92 Å². The number of nitrogens with zero attached hydrogens (tertiary/aromatic N) is 2. The first-order valence-corrected chi connectivity index (χ1v) is 34.5. The van der Waals surface area contributed by atoms with Gasteiger partial charge in [0.1, 0.15) is 66.1 Å². The van der Waals surface area contributed by atoms with E-state index in [1.165, 1.54) is 17.9 Å². The lowest BCUT2D eigenvalue weighted by Crippen LogP contribution is -2.62. The van der Waals surface area contributed by atoms with Crippen LogP contribution in [0.4, 0.5) is 0 Å². The molecule has 0 spiro atoms. The smallest absolute Gasteiger partial charge is 0.305 e. The van der Waals surface area contributed by atoms with E-state index >= 15 is 0 Å². The minimum atomic E-state index is -1.95. The molecule has 550 valence electrons. The number of carbonyl (C=O) groups is 15. The second-order valence-electron chi connectivity index (χ2n) is 25.4. The summed E-state index contributed by atoms with van der Waals surface area (Å²) in [5.41, 5.74) is 12.1. The van der Waals surface area contributed by atoms with Crippen LogP contribution in [0.1, 0.15) is 170 Å². The number of aromatic nitrogens is 3. The lowest BCUT2D eigenvalue weighted by Gasteiger charge is -2.30. The molecule has 100 heavy (non-hydrogen) atoms. The van der Waals surface area contributed by atoms with E-state index in [0.29, 0.717) is 12.0 Å². The Morgan fingerprint density at radius 2 is 1.27 bits per heavy atom. The predicted octanol–water partition coefficient (Wildman–Crippen LogP) is -0.566. The fourth-order valence-electron chi connectivity index (χ4n) is 10.5. The molecule has 0 unspecified atom stereocenters. The predicted molar refractivity (Wildman–Crippen MR) is 363 cm³/mol. The average molecular weight is 1420 g/mol. The van der Waals surface area contributed by atoms with Crippen LogP contribution in [0.3, 0.4) is 0 Å². The van der Waals surface area contributed by atoms with Gasteiger partial charge in [-0.15, -0.1) is 11.3 Å². The summed E-state index contributed by atoms with van der Waals surface area (Å²) in [5.74, 6) is -16.9. The zero-order chi connectivity index (χ0) is 74.3. The number of rotatable bonds is 31. The summed E-state index contributed by atoms with van der Waals surface area (Å²) >= 11 is 0.961. The molecule has 1 saturated heterocycles. The lowest BCUT2D eigenvalue weighted by atomic mass is 9.96. The van der Waals surface area contributed by atoms with E-state index in [2.05, 4.69) is 73.4 Å². The number of nitrogens with two attached hydrogens (primary N) is 2. The quantitative estimate of drug-likeness (QED) is 0.0359. The van der Waals surface area contributed by atoms with Crippen LogP contribution in [0.25, 0.3) is 0 Å². The van der Waals surface area contributed by atoms with Gasteiger partial charge in [0.15, 0.2) is 10.8 Å². The van der Waals surface area contributed by atoms with Crippen molar-refractivity contribution >= 4 is 99.9 Å². The molecule has 3 heterocycles. The van der Waals surface area contributed by atoms with Crippen molar-refractivity contribution in [2.75, 3.05) is 13.1 Å². The highest BCUT2D eigenvalue weighted by Crippen LogP contribution is 2.19. The van der Waals surface area contributed by atoms with Crippen LogP contribution in [0.5, 0.6) is 0 Å². The van der Waals surface area contributed by atoms with Crippen molar-refractivity contribution in [3.05, 3.63) is 70.2 Å². The molecule has 1 aliphatic rings. The third-order valence-corrected chi connectivity index (χ3v) is 17.8.